The van der Waals surface area contributed by atoms with Gasteiger partial charge in [0, 0.05) is 37.2 Å². The number of carbonyl (C=O) groups excluding carboxylic acids is 1. The van der Waals surface area contributed by atoms with Crippen LogP contribution in [0, 0.1) is 6.92 Å². The summed E-state index contributed by atoms with van der Waals surface area (Å²) < 4.78 is 5.95. The molecule has 3 rings (SSSR count). The number of hydrogen-bond acceptors (Lipinski definition) is 3. The fourth-order valence-electron chi connectivity index (χ4n) is 2.70. The molecule has 0 N–H and O–H groups in total. The van der Waals surface area contributed by atoms with Crippen molar-refractivity contribution in [3.8, 4) is 5.75 Å². The van der Waals surface area contributed by atoms with Crippen LogP contribution in [0.2, 0.25) is 5.02 Å². The third kappa shape index (κ3) is 4.02. The first kappa shape index (κ1) is 15.8. The van der Waals surface area contributed by atoms with E-state index in [0.717, 1.165) is 24.2 Å². The van der Waals surface area contributed by atoms with E-state index in [2.05, 4.69) is 4.98 Å². The van der Waals surface area contributed by atoms with Crippen molar-refractivity contribution in [1.82, 2.24) is 9.88 Å². The highest BCUT2D eigenvalue weighted by atomic mass is 35.5. The van der Waals surface area contributed by atoms with Gasteiger partial charge in [0.05, 0.1) is 0 Å². The Bertz CT molecular complexity index is 680. The number of aromatic nitrogens is 1. The van der Waals surface area contributed by atoms with Crippen LogP contribution in [0.1, 0.15) is 28.9 Å². The van der Waals surface area contributed by atoms with Gasteiger partial charge in [0.2, 0.25) is 0 Å². The normalized spacial score (nSPS) is 15.5. The van der Waals surface area contributed by atoms with Crippen molar-refractivity contribution in [2.24, 2.45) is 0 Å². The summed E-state index contributed by atoms with van der Waals surface area (Å²) in [6.07, 6.45) is 3.45. The van der Waals surface area contributed by atoms with Gasteiger partial charge in [-0.25, -0.2) is 0 Å². The lowest BCUT2D eigenvalue weighted by Crippen LogP contribution is -2.42. The maximum Gasteiger partial charge on any atom is 0.272 e. The smallest absolute Gasteiger partial charge is 0.272 e. The van der Waals surface area contributed by atoms with Gasteiger partial charge in [-0.2, -0.15) is 0 Å². The van der Waals surface area contributed by atoms with Crippen LogP contribution >= 0.6 is 11.6 Å². The number of hydrogen-bond donors (Lipinski definition) is 0. The average Bonchev–Trinajstić information content (AvgIpc) is 2.57. The monoisotopic (exact) mass is 330 g/mol. The molecular weight excluding hydrogens is 312 g/mol. The first-order chi connectivity index (χ1) is 11.1. The number of pyridine rings is 1. The van der Waals surface area contributed by atoms with Gasteiger partial charge in [0.15, 0.2) is 0 Å². The van der Waals surface area contributed by atoms with Crippen molar-refractivity contribution in [3.05, 3.63) is 58.9 Å². The second kappa shape index (κ2) is 7.01. The number of ether oxygens (including phenoxy) is 1. The van der Waals surface area contributed by atoms with Crippen LogP contribution in [-0.4, -0.2) is 35.0 Å². The van der Waals surface area contributed by atoms with Crippen LogP contribution in [0.5, 0.6) is 5.75 Å². The fourth-order valence-corrected chi connectivity index (χ4v) is 2.82. The minimum atomic E-state index is -0.00126. The Kier molecular flexibility index (Phi) is 4.82. The number of likely N-dealkylation sites (tertiary alicyclic amines) is 1. The van der Waals surface area contributed by atoms with Crippen LogP contribution in [0.4, 0.5) is 0 Å². The number of halogens is 1. The van der Waals surface area contributed by atoms with E-state index in [1.54, 1.807) is 6.20 Å². The van der Waals surface area contributed by atoms with Gasteiger partial charge in [-0.05, 0) is 48.9 Å². The highest BCUT2D eigenvalue weighted by Gasteiger charge is 2.25. The summed E-state index contributed by atoms with van der Waals surface area (Å²) in [5.74, 6) is 0.818. The molecule has 2 aromatic rings. The maximum absolute atomic E-state index is 12.5. The molecule has 1 aromatic heterocycles. The van der Waals surface area contributed by atoms with E-state index in [4.69, 9.17) is 16.3 Å². The predicted octanol–water partition coefficient (Wildman–Crippen LogP) is 3.73. The molecule has 23 heavy (non-hydrogen) atoms. The minimum absolute atomic E-state index is 0.00126. The van der Waals surface area contributed by atoms with Crippen molar-refractivity contribution in [2.45, 2.75) is 25.9 Å². The first-order valence-corrected chi connectivity index (χ1v) is 8.14. The molecule has 0 bridgehead atoms. The van der Waals surface area contributed by atoms with Crippen molar-refractivity contribution in [1.29, 1.82) is 0 Å². The lowest BCUT2D eigenvalue weighted by molar-refractivity contribution is 0.0590. The Morgan fingerprint density at radius 3 is 2.57 bits per heavy atom. The number of nitrogens with zero attached hydrogens (tertiary/aromatic N) is 2. The molecule has 0 unspecified atom stereocenters. The summed E-state index contributed by atoms with van der Waals surface area (Å²) in [7, 11) is 0. The zero-order valence-electron chi connectivity index (χ0n) is 13.0. The zero-order valence-corrected chi connectivity index (χ0v) is 13.8. The summed E-state index contributed by atoms with van der Waals surface area (Å²) in [5, 5.41) is 0.698. The summed E-state index contributed by atoms with van der Waals surface area (Å²) in [5.41, 5.74) is 1.56. The van der Waals surface area contributed by atoms with Crippen LogP contribution in [0.3, 0.4) is 0 Å². The molecule has 2 heterocycles. The SMILES string of the molecule is Cc1ccnc(C(=O)N2CCC(Oc3ccc(Cl)cc3)CC2)c1. The topological polar surface area (TPSA) is 42.4 Å². The van der Waals surface area contributed by atoms with Crippen molar-refractivity contribution in [2.75, 3.05) is 13.1 Å². The minimum Gasteiger partial charge on any atom is -0.490 e. The van der Waals surface area contributed by atoms with E-state index in [9.17, 15) is 4.79 Å². The van der Waals surface area contributed by atoms with E-state index >= 15 is 0 Å². The number of carbonyl (C=O) groups is 1. The van der Waals surface area contributed by atoms with Gasteiger partial charge in [0.1, 0.15) is 17.5 Å². The van der Waals surface area contributed by atoms with Gasteiger partial charge in [-0.1, -0.05) is 11.6 Å². The molecule has 0 atom stereocenters. The van der Waals surface area contributed by atoms with E-state index < -0.39 is 0 Å². The molecule has 1 aromatic carbocycles. The predicted molar refractivity (Wildman–Crippen MR) is 90.0 cm³/mol. The zero-order chi connectivity index (χ0) is 16.2. The molecule has 120 valence electrons. The Morgan fingerprint density at radius 2 is 1.91 bits per heavy atom. The highest BCUT2D eigenvalue weighted by molar-refractivity contribution is 6.30. The van der Waals surface area contributed by atoms with Crippen molar-refractivity contribution < 1.29 is 9.53 Å². The molecular formula is C18H19ClN2O2. The third-order valence-corrected chi connectivity index (χ3v) is 4.23. The molecule has 1 amide bonds. The Labute approximate surface area is 141 Å². The number of aryl methyl sites for hydroxylation is 1. The Morgan fingerprint density at radius 1 is 1.22 bits per heavy atom. The fraction of sp³-hybridized carbons (Fsp3) is 0.333. The number of amides is 1. The summed E-state index contributed by atoms with van der Waals surface area (Å²) in [6, 6.07) is 11.1. The molecule has 1 aliphatic rings. The van der Waals surface area contributed by atoms with Crippen LogP contribution in [0.25, 0.3) is 0 Å². The van der Waals surface area contributed by atoms with Crippen molar-refractivity contribution >= 4 is 17.5 Å². The van der Waals surface area contributed by atoms with Gasteiger partial charge >= 0.3 is 0 Å². The lowest BCUT2D eigenvalue weighted by atomic mass is 10.1. The van der Waals surface area contributed by atoms with Gasteiger partial charge in [-0.3, -0.25) is 9.78 Å². The average molecular weight is 331 g/mol. The van der Waals surface area contributed by atoms with Crippen LogP contribution in [0.15, 0.2) is 42.6 Å². The molecule has 5 heteroatoms. The molecule has 0 aliphatic carbocycles. The molecule has 0 saturated carbocycles. The number of benzene rings is 1. The van der Waals surface area contributed by atoms with E-state index in [1.807, 2.05) is 48.2 Å². The molecule has 4 nitrogen and oxygen atoms in total. The standard InChI is InChI=1S/C18H19ClN2O2/c1-13-6-9-20-17(12-13)18(22)21-10-7-16(8-11-21)23-15-4-2-14(19)3-5-15/h2-6,9,12,16H,7-8,10-11H2,1H3. The summed E-state index contributed by atoms with van der Waals surface area (Å²) >= 11 is 5.87. The van der Waals surface area contributed by atoms with Crippen LogP contribution < -0.4 is 4.74 Å². The number of piperidine rings is 1. The molecule has 1 aliphatic heterocycles. The van der Waals surface area contributed by atoms with Crippen molar-refractivity contribution in [3.63, 3.8) is 0 Å². The summed E-state index contributed by atoms with van der Waals surface area (Å²) in [6.45, 7) is 3.34. The Balaban J connectivity index is 1.55. The molecule has 1 saturated heterocycles. The van der Waals surface area contributed by atoms with E-state index in [-0.39, 0.29) is 12.0 Å². The van der Waals surface area contributed by atoms with Gasteiger partial charge in [-0.15, -0.1) is 0 Å². The second-order valence-electron chi connectivity index (χ2n) is 5.78. The number of rotatable bonds is 3. The van der Waals surface area contributed by atoms with E-state index in [1.165, 1.54) is 0 Å². The molecule has 0 radical (unpaired) electrons. The van der Waals surface area contributed by atoms with Crippen LogP contribution in [-0.2, 0) is 0 Å². The second-order valence-corrected chi connectivity index (χ2v) is 6.22. The molecule has 1 fully saturated rings. The maximum atomic E-state index is 12.5. The van der Waals surface area contributed by atoms with Gasteiger partial charge < -0.3 is 9.64 Å². The Hall–Kier alpha value is -2.07. The largest absolute Gasteiger partial charge is 0.490 e. The quantitative estimate of drug-likeness (QED) is 0.861. The first-order valence-electron chi connectivity index (χ1n) is 7.76. The summed E-state index contributed by atoms with van der Waals surface area (Å²) in [4.78, 5) is 18.5. The third-order valence-electron chi connectivity index (χ3n) is 3.98. The van der Waals surface area contributed by atoms with Gasteiger partial charge in [0.25, 0.3) is 5.91 Å². The highest BCUT2D eigenvalue weighted by Crippen LogP contribution is 2.21. The molecule has 0 spiro atoms. The lowest BCUT2D eigenvalue weighted by Gasteiger charge is -2.32. The van der Waals surface area contributed by atoms with E-state index in [0.29, 0.717) is 23.8 Å².